The Morgan fingerprint density at radius 2 is 1.42 bits per heavy atom. The van der Waals surface area contributed by atoms with E-state index in [-0.39, 0.29) is 0 Å². The van der Waals surface area contributed by atoms with Crippen molar-refractivity contribution in [3.63, 3.8) is 0 Å². The summed E-state index contributed by atoms with van der Waals surface area (Å²) < 4.78 is 6.25. The smallest absolute Gasteiger partial charge is 0.191 e. The van der Waals surface area contributed by atoms with E-state index in [1.54, 1.807) is 0 Å². The van der Waals surface area contributed by atoms with Gasteiger partial charge in [0.25, 0.3) is 0 Å². The summed E-state index contributed by atoms with van der Waals surface area (Å²) in [5, 5.41) is 0.341. The van der Waals surface area contributed by atoms with E-state index in [0.717, 1.165) is 13.2 Å². The second-order valence-electron chi connectivity index (χ2n) is 9.59. The first-order valence-corrected chi connectivity index (χ1v) is 14.0. The van der Waals surface area contributed by atoms with Crippen molar-refractivity contribution in [2.45, 2.75) is 110 Å². The van der Waals surface area contributed by atoms with Crippen molar-refractivity contribution in [1.82, 2.24) is 0 Å². The van der Waals surface area contributed by atoms with Crippen LogP contribution >= 0.6 is 0 Å². The Kier molecular flexibility index (Phi) is 11.7. The van der Waals surface area contributed by atoms with E-state index in [9.17, 15) is 0 Å². The van der Waals surface area contributed by atoms with Crippen LogP contribution < -0.4 is 0 Å². The maximum atomic E-state index is 6.25. The Bertz CT molecular complexity index is 409. The van der Waals surface area contributed by atoms with Gasteiger partial charge in [-0.2, -0.15) is 0 Å². The molecule has 1 heterocycles. The van der Waals surface area contributed by atoms with Gasteiger partial charge in [-0.15, -0.1) is 0 Å². The zero-order valence-corrected chi connectivity index (χ0v) is 19.4. The molecule has 0 saturated heterocycles. The molecule has 0 aromatic carbocycles. The van der Waals surface area contributed by atoms with Crippen molar-refractivity contribution in [2.75, 3.05) is 13.2 Å². The number of hydrogen-bond acceptors (Lipinski definition) is 2. The molecule has 0 aromatic heterocycles. The number of aliphatic imine (C=N–C) groups is 1. The van der Waals surface area contributed by atoms with Crippen molar-refractivity contribution in [3.05, 3.63) is 12.2 Å². The molecule has 0 fully saturated rings. The van der Waals surface area contributed by atoms with E-state index in [2.05, 4.69) is 51.0 Å². The lowest BCUT2D eigenvalue weighted by Gasteiger charge is -2.36. The number of unbranched alkanes of at least 4 members (excludes halogenated alkanes) is 9. The third-order valence-corrected chi connectivity index (χ3v) is 10.7. The van der Waals surface area contributed by atoms with E-state index in [4.69, 9.17) is 4.43 Å². The summed E-state index contributed by atoms with van der Waals surface area (Å²) in [5.74, 6) is 0.709. The van der Waals surface area contributed by atoms with Crippen molar-refractivity contribution < 1.29 is 4.43 Å². The molecule has 0 amide bonds. The third kappa shape index (κ3) is 10.7. The van der Waals surface area contributed by atoms with Gasteiger partial charge < -0.3 is 4.43 Å². The summed E-state index contributed by atoms with van der Waals surface area (Å²) in [6.45, 7) is 13.7. The number of hydrogen-bond donors (Lipinski definition) is 0. The highest BCUT2D eigenvalue weighted by Crippen LogP contribution is 2.36. The molecule has 26 heavy (non-hydrogen) atoms. The number of rotatable bonds is 14. The Morgan fingerprint density at radius 1 is 0.885 bits per heavy atom. The van der Waals surface area contributed by atoms with Crippen LogP contribution in [0.25, 0.3) is 0 Å². The zero-order valence-electron chi connectivity index (χ0n) is 18.4. The minimum Gasteiger partial charge on any atom is -0.417 e. The van der Waals surface area contributed by atoms with Gasteiger partial charge in [0, 0.05) is 19.4 Å². The lowest BCUT2D eigenvalue weighted by atomic mass is 9.98. The minimum absolute atomic E-state index is 0.341. The molecule has 0 radical (unpaired) electrons. The van der Waals surface area contributed by atoms with Gasteiger partial charge in [-0.25, -0.2) is 0 Å². The normalized spacial score (nSPS) is 17.8. The summed E-state index contributed by atoms with van der Waals surface area (Å²) in [4.78, 5) is 4.34. The minimum atomic E-state index is -1.52. The quantitative estimate of drug-likeness (QED) is 0.225. The zero-order chi connectivity index (χ0) is 19.3. The average molecular weight is 380 g/mol. The molecule has 0 N–H and O–H groups in total. The second kappa shape index (κ2) is 12.9. The highest BCUT2D eigenvalue weighted by Gasteiger charge is 2.36. The van der Waals surface area contributed by atoms with E-state index >= 15 is 0 Å². The molecule has 1 aliphatic heterocycles. The number of dihydropyridines is 1. The summed E-state index contributed by atoms with van der Waals surface area (Å²) in [5.41, 5.74) is 0. The van der Waals surface area contributed by atoms with E-state index in [1.807, 2.05) is 6.21 Å². The lowest BCUT2D eigenvalue weighted by molar-refractivity contribution is 0.277. The molecule has 1 aliphatic rings. The van der Waals surface area contributed by atoms with Gasteiger partial charge in [-0.05, 0) is 43.0 Å². The van der Waals surface area contributed by atoms with Gasteiger partial charge in [0.05, 0.1) is 0 Å². The van der Waals surface area contributed by atoms with Gasteiger partial charge in [0.15, 0.2) is 8.32 Å². The van der Waals surface area contributed by atoms with Crippen molar-refractivity contribution in [1.29, 1.82) is 0 Å². The maximum Gasteiger partial charge on any atom is 0.191 e. The first kappa shape index (κ1) is 23.6. The van der Waals surface area contributed by atoms with E-state index < -0.39 is 8.32 Å². The second-order valence-corrected chi connectivity index (χ2v) is 14.4. The summed E-state index contributed by atoms with van der Waals surface area (Å²) in [6, 6.07) is 0. The molecule has 0 bridgehead atoms. The Balaban J connectivity index is 1.81. The highest BCUT2D eigenvalue weighted by atomic mass is 28.4. The van der Waals surface area contributed by atoms with Crippen molar-refractivity contribution >= 4 is 14.5 Å². The molecular weight excluding hydrogens is 334 g/mol. The number of allylic oxidation sites excluding steroid dienone is 1. The van der Waals surface area contributed by atoms with Crippen LogP contribution in [0.4, 0.5) is 0 Å². The fraction of sp³-hybridized carbons (Fsp3) is 0.870. The Morgan fingerprint density at radius 3 is 1.92 bits per heavy atom. The molecule has 1 atom stereocenters. The van der Waals surface area contributed by atoms with Crippen LogP contribution in [0.1, 0.15) is 91.4 Å². The van der Waals surface area contributed by atoms with Gasteiger partial charge in [0.2, 0.25) is 0 Å². The molecule has 1 unspecified atom stereocenters. The molecule has 152 valence electrons. The first-order chi connectivity index (χ1) is 12.3. The maximum absolute atomic E-state index is 6.25. The molecule has 0 saturated carbocycles. The third-order valence-electron chi connectivity index (χ3n) is 6.15. The first-order valence-electron chi connectivity index (χ1n) is 11.1. The van der Waals surface area contributed by atoms with Crippen LogP contribution in [-0.4, -0.2) is 27.7 Å². The van der Waals surface area contributed by atoms with Gasteiger partial charge in [-0.1, -0.05) is 84.6 Å². The van der Waals surface area contributed by atoms with Crippen LogP contribution in [0.2, 0.25) is 18.1 Å². The summed E-state index contributed by atoms with van der Waals surface area (Å²) >= 11 is 0. The largest absolute Gasteiger partial charge is 0.417 e. The predicted molar refractivity (Wildman–Crippen MR) is 120 cm³/mol. The molecule has 2 nitrogen and oxygen atoms in total. The van der Waals surface area contributed by atoms with Gasteiger partial charge >= 0.3 is 0 Å². The molecule has 0 spiro atoms. The fourth-order valence-corrected chi connectivity index (χ4v) is 4.27. The van der Waals surface area contributed by atoms with Crippen LogP contribution in [0, 0.1) is 5.92 Å². The topological polar surface area (TPSA) is 21.6 Å². The van der Waals surface area contributed by atoms with Crippen molar-refractivity contribution in [2.24, 2.45) is 10.9 Å². The van der Waals surface area contributed by atoms with E-state index in [0.29, 0.717) is 11.0 Å². The van der Waals surface area contributed by atoms with Crippen LogP contribution in [0.5, 0.6) is 0 Å². The van der Waals surface area contributed by atoms with Gasteiger partial charge in [0.1, 0.15) is 0 Å². The molecular formula is C23H45NOSi. The monoisotopic (exact) mass is 379 g/mol. The predicted octanol–water partition coefficient (Wildman–Crippen LogP) is 7.56. The average Bonchev–Trinajstić information content (AvgIpc) is 2.59. The Hall–Kier alpha value is -0.413. The summed E-state index contributed by atoms with van der Waals surface area (Å²) in [6.07, 6.45) is 21.5. The standard InChI is InChI=1S/C23H45NOSi/c1-23(2,3)26(4,5)25-20-15-13-11-9-7-6-8-10-12-14-17-22-18-16-19-24-21-22/h16,18-19,22H,6-15,17,20-21H2,1-5H3. The SMILES string of the molecule is CC(C)(C)[Si](C)(C)OCCCCCCCCCCCCC1C=CC=NC1. The van der Waals surface area contributed by atoms with E-state index in [1.165, 1.54) is 70.6 Å². The summed E-state index contributed by atoms with van der Waals surface area (Å²) in [7, 11) is -1.52. The molecule has 0 aromatic rings. The van der Waals surface area contributed by atoms with Crippen LogP contribution in [-0.2, 0) is 4.43 Å². The van der Waals surface area contributed by atoms with Crippen LogP contribution in [0.15, 0.2) is 17.1 Å². The van der Waals surface area contributed by atoms with Crippen LogP contribution in [0.3, 0.4) is 0 Å². The number of nitrogens with zero attached hydrogens (tertiary/aromatic N) is 1. The van der Waals surface area contributed by atoms with Crippen molar-refractivity contribution in [3.8, 4) is 0 Å². The van der Waals surface area contributed by atoms with Gasteiger partial charge in [-0.3, -0.25) is 4.99 Å². The molecule has 1 rings (SSSR count). The molecule has 3 heteroatoms. The molecule has 0 aliphatic carbocycles. The highest BCUT2D eigenvalue weighted by molar-refractivity contribution is 6.74. The fourth-order valence-electron chi connectivity index (χ4n) is 3.18. The lowest BCUT2D eigenvalue weighted by Crippen LogP contribution is -2.40. The Labute approximate surface area is 165 Å².